The predicted octanol–water partition coefficient (Wildman–Crippen LogP) is 3.63. The van der Waals surface area contributed by atoms with E-state index in [9.17, 15) is 14.4 Å². The molecule has 2 unspecified atom stereocenters. The van der Waals surface area contributed by atoms with Gasteiger partial charge in [0.25, 0.3) is 0 Å². The van der Waals surface area contributed by atoms with E-state index in [0.717, 1.165) is 6.42 Å². The number of carbonyl (C=O) groups excluding carboxylic acids is 3. The van der Waals surface area contributed by atoms with E-state index in [1.807, 2.05) is 13.8 Å². The van der Waals surface area contributed by atoms with E-state index in [1.54, 1.807) is 27.7 Å². The van der Waals surface area contributed by atoms with Gasteiger partial charge in [-0.2, -0.15) is 0 Å². The minimum Gasteiger partial charge on any atom is -0.444 e. The normalized spacial score (nSPS) is 13.5. The van der Waals surface area contributed by atoms with Crippen molar-refractivity contribution in [1.82, 2.24) is 5.32 Å². The summed E-state index contributed by atoms with van der Waals surface area (Å²) in [6, 6.07) is 0. The van der Waals surface area contributed by atoms with Crippen LogP contribution in [0.2, 0.25) is 0 Å². The van der Waals surface area contributed by atoms with Crippen LogP contribution in [0.4, 0.5) is 9.59 Å². The highest BCUT2D eigenvalue weighted by Gasteiger charge is 2.22. The molecule has 1 amide bonds. The van der Waals surface area contributed by atoms with Crippen LogP contribution in [0.25, 0.3) is 0 Å². The molecule has 0 fully saturated rings. The van der Waals surface area contributed by atoms with Crippen molar-refractivity contribution in [2.45, 2.75) is 73.2 Å². The second-order valence-electron chi connectivity index (χ2n) is 7.44. The molecule has 0 bridgehead atoms. The molecule has 2 atom stereocenters. The first-order valence-corrected chi connectivity index (χ1v) is 8.92. The second kappa shape index (κ2) is 11.6. The first-order chi connectivity index (χ1) is 11.9. The zero-order valence-corrected chi connectivity index (χ0v) is 16.9. The summed E-state index contributed by atoms with van der Waals surface area (Å²) in [5, 5.41) is 2.68. The van der Waals surface area contributed by atoms with Crippen molar-refractivity contribution in [3.05, 3.63) is 0 Å². The molecule has 0 aliphatic carbocycles. The van der Waals surface area contributed by atoms with Gasteiger partial charge in [0.05, 0.1) is 13.0 Å². The second-order valence-corrected chi connectivity index (χ2v) is 7.44. The van der Waals surface area contributed by atoms with Gasteiger partial charge in [0.15, 0.2) is 0 Å². The first kappa shape index (κ1) is 24.0. The number of carbonyl (C=O) groups is 3. The largest absolute Gasteiger partial charge is 0.511 e. The van der Waals surface area contributed by atoms with Crippen LogP contribution in [0.3, 0.4) is 0 Å². The minimum absolute atomic E-state index is 0.0878. The summed E-state index contributed by atoms with van der Waals surface area (Å²) in [6.07, 6.45) is -1.65. The van der Waals surface area contributed by atoms with E-state index in [0.29, 0.717) is 5.92 Å². The fourth-order valence-corrected chi connectivity index (χ4v) is 2.23. The lowest BCUT2D eigenvalue weighted by atomic mass is 9.94. The molecule has 26 heavy (non-hydrogen) atoms. The minimum atomic E-state index is -1.04. The molecule has 0 saturated heterocycles. The first-order valence-electron chi connectivity index (χ1n) is 8.92. The monoisotopic (exact) mass is 375 g/mol. The fourth-order valence-electron chi connectivity index (χ4n) is 2.23. The molecule has 0 aromatic rings. The average Bonchev–Trinajstić information content (AvgIpc) is 2.42. The molecular formula is C18H33NO7. The third-order valence-electron chi connectivity index (χ3n) is 3.02. The molecule has 0 spiro atoms. The average molecular weight is 375 g/mol. The Hall–Kier alpha value is -1.99. The lowest BCUT2D eigenvalue weighted by Crippen LogP contribution is -2.36. The number of ether oxygens (including phenoxy) is 4. The van der Waals surface area contributed by atoms with Crippen LogP contribution in [0.1, 0.15) is 61.3 Å². The Bertz CT molecular complexity index is 457. The van der Waals surface area contributed by atoms with Gasteiger partial charge in [-0.15, -0.1) is 0 Å². The van der Waals surface area contributed by atoms with Crippen molar-refractivity contribution < 1.29 is 33.3 Å². The van der Waals surface area contributed by atoms with Crippen LogP contribution < -0.4 is 5.32 Å². The van der Waals surface area contributed by atoms with Gasteiger partial charge in [-0.1, -0.05) is 13.8 Å². The lowest BCUT2D eigenvalue weighted by molar-refractivity contribution is -0.169. The van der Waals surface area contributed by atoms with Crippen LogP contribution in [0, 0.1) is 11.8 Å². The smallest absolute Gasteiger partial charge is 0.444 e. The van der Waals surface area contributed by atoms with Crippen LogP contribution in [0.15, 0.2) is 0 Å². The van der Waals surface area contributed by atoms with Crippen LogP contribution in [-0.4, -0.2) is 43.3 Å². The molecule has 0 heterocycles. The van der Waals surface area contributed by atoms with E-state index >= 15 is 0 Å². The summed E-state index contributed by atoms with van der Waals surface area (Å²) in [6.45, 7) is 12.9. The molecule has 0 aromatic carbocycles. The number of amides is 1. The van der Waals surface area contributed by atoms with Crippen molar-refractivity contribution >= 4 is 18.2 Å². The molecule has 1 N–H and O–H groups in total. The van der Waals surface area contributed by atoms with Crippen LogP contribution in [-0.2, 0) is 23.7 Å². The summed E-state index contributed by atoms with van der Waals surface area (Å²) >= 11 is 0. The summed E-state index contributed by atoms with van der Waals surface area (Å²) in [5.74, 6) is -0.301. The molecular weight excluding hydrogens is 342 g/mol. The van der Waals surface area contributed by atoms with Gasteiger partial charge >= 0.3 is 18.2 Å². The molecule has 0 aliphatic rings. The summed E-state index contributed by atoms with van der Waals surface area (Å²) in [7, 11) is 0. The van der Waals surface area contributed by atoms with Gasteiger partial charge in [-0.25, -0.2) is 9.59 Å². The molecule has 0 rings (SSSR count). The predicted molar refractivity (Wildman–Crippen MR) is 95.5 cm³/mol. The zero-order chi connectivity index (χ0) is 20.3. The SMILES string of the molecule is CCOC(=O)OC(C)OC(=O)CC(CNC(=O)OC(C)(C)C)CC(C)C. The molecule has 0 saturated carbocycles. The van der Waals surface area contributed by atoms with Gasteiger partial charge in [-0.3, -0.25) is 4.79 Å². The number of nitrogens with one attached hydrogen (secondary N) is 1. The lowest BCUT2D eigenvalue weighted by Gasteiger charge is -2.23. The third kappa shape index (κ3) is 13.3. The van der Waals surface area contributed by atoms with Gasteiger partial charge in [-0.05, 0) is 46.0 Å². The maximum absolute atomic E-state index is 12.1. The maximum atomic E-state index is 12.1. The van der Waals surface area contributed by atoms with Gasteiger partial charge in [0.2, 0.25) is 6.29 Å². The topological polar surface area (TPSA) is 100 Å². The molecule has 0 aromatic heterocycles. The number of esters is 1. The highest BCUT2D eigenvalue weighted by atomic mass is 16.8. The van der Waals surface area contributed by atoms with E-state index < -0.39 is 30.1 Å². The molecule has 8 nitrogen and oxygen atoms in total. The number of rotatable bonds is 9. The third-order valence-corrected chi connectivity index (χ3v) is 3.02. The van der Waals surface area contributed by atoms with Crippen molar-refractivity contribution in [3.63, 3.8) is 0 Å². The number of alkyl carbamates (subject to hydrolysis) is 1. The van der Waals surface area contributed by atoms with Gasteiger partial charge in [0.1, 0.15) is 5.60 Å². The Morgan fingerprint density at radius 3 is 2.15 bits per heavy atom. The highest BCUT2D eigenvalue weighted by molar-refractivity contribution is 5.70. The van der Waals surface area contributed by atoms with Crippen LogP contribution in [0.5, 0.6) is 0 Å². The van der Waals surface area contributed by atoms with Gasteiger partial charge < -0.3 is 24.3 Å². The Morgan fingerprint density at radius 2 is 1.65 bits per heavy atom. The van der Waals surface area contributed by atoms with Crippen molar-refractivity contribution in [2.75, 3.05) is 13.2 Å². The number of hydrogen-bond donors (Lipinski definition) is 1. The fraction of sp³-hybridized carbons (Fsp3) is 0.833. The molecule has 0 aliphatic heterocycles. The van der Waals surface area contributed by atoms with E-state index in [4.69, 9.17) is 14.2 Å². The van der Waals surface area contributed by atoms with Crippen molar-refractivity contribution in [3.8, 4) is 0 Å². The summed E-state index contributed by atoms with van der Waals surface area (Å²) < 4.78 is 19.7. The highest BCUT2D eigenvalue weighted by Crippen LogP contribution is 2.17. The molecule has 0 radical (unpaired) electrons. The Morgan fingerprint density at radius 1 is 1.04 bits per heavy atom. The quantitative estimate of drug-likeness (QED) is 0.373. The summed E-state index contributed by atoms with van der Waals surface area (Å²) in [5.41, 5.74) is -0.587. The Labute approximate surface area is 155 Å². The summed E-state index contributed by atoms with van der Waals surface area (Å²) in [4.78, 5) is 35.0. The number of hydrogen-bond acceptors (Lipinski definition) is 7. The van der Waals surface area contributed by atoms with Crippen molar-refractivity contribution in [1.29, 1.82) is 0 Å². The zero-order valence-electron chi connectivity index (χ0n) is 16.9. The van der Waals surface area contributed by atoms with Gasteiger partial charge in [0, 0.05) is 13.5 Å². The Kier molecular flexibility index (Phi) is 10.7. The van der Waals surface area contributed by atoms with E-state index in [2.05, 4.69) is 10.1 Å². The van der Waals surface area contributed by atoms with Crippen molar-refractivity contribution in [2.24, 2.45) is 11.8 Å². The van der Waals surface area contributed by atoms with E-state index in [-0.39, 0.29) is 25.5 Å². The van der Waals surface area contributed by atoms with Crippen LogP contribution >= 0.6 is 0 Å². The Balaban J connectivity index is 4.48. The van der Waals surface area contributed by atoms with E-state index in [1.165, 1.54) is 6.92 Å². The maximum Gasteiger partial charge on any atom is 0.511 e. The standard InChI is InChI=1S/C18H33NO7/c1-8-23-17(22)25-13(4)24-15(20)10-14(9-12(2)3)11-19-16(21)26-18(5,6)7/h12-14H,8-11H2,1-7H3,(H,19,21). The molecule has 8 heteroatoms. The molecule has 152 valence electrons.